The molecule has 0 heterocycles. The molecule has 116 valence electrons. The molecule has 0 spiro atoms. The van der Waals surface area contributed by atoms with Crippen LogP contribution in [-0.4, -0.2) is 24.7 Å². The molecule has 1 fully saturated rings. The highest BCUT2D eigenvalue weighted by Gasteiger charge is 2.40. The molecule has 1 saturated carbocycles. The van der Waals surface area contributed by atoms with Crippen LogP contribution in [0.5, 0.6) is 0 Å². The molecule has 0 radical (unpaired) electrons. The second kappa shape index (κ2) is 6.57. The molecular formula is C17H19NO3S. The quantitative estimate of drug-likeness (QED) is 0.515. The predicted octanol–water partition coefficient (Wildman–Crippen LogP) is 3.10. The van der Waals surface area contributed by atoms with Gasteiger partial charge < -0.3 is 10.1 Å². The summed E-state index contributed by atoms with van der Waals surface area (Å²) in [5, 5.41) is 2.79. The van der Waals surface area contributed by atoms with Crippen LogP contribution in [0.15, 0.2) is 41.3 Å². The van der Waals surface area contributed by atoms with Gasteiger partial charge in [0.25, 0.3) is 5.91 Å². The Balaban J connectivity index is 1.50. The summed E-state index contributed by atoms with van der Waals surface area (Å²) in [6.45, 7) is -0.223. The fourth-order valence-electron chi connectivity index (χ4n) is 3.23. The molecule has 3 atom stereocenters. The molecule has 4 nitrogen and oxygen atoms in total. The lowest BCUT2D eigenvalue weighted by atomic mass is 9.94. The van der Waals surface area contributed by atoms with Crippen LogP contribution < -0.4 is 5.32 Å². The van der Waals surface area contributed by atoms with E-state index in [1.807, 2.05) is 30.5 Å². The van der Waals surface area contributed by atoms with E-state index < -0.39 is 0 Å². The van der Waals surface area contributed by atoms with Crippen LogP contribution >= 0.6 is 11.8 Å². The number of esters is 1. The van der Waals surface area contributed by atoms with Crippen molar-refractivity contribution in [1.82, 2.24) is 0 Å². The maximum absolute atomic E-state index is 12.1. The van der Waals surface area contributed by atoms with Gasteiger partial charge in [-0.15, -0.1) is 11.8 Å². The first-order valence-corrected chi connectivity index (χ1v) is 8.67. The minimum atomic E-state index is -0.298. The average molecular weight is 317 g/mol. The number of fused-ring (bicyclic) bond motifs is 2. The van der Waals surface area contributed by atoms with E-state index in [4.69, 9.17) is 4.74 Å². The average Bonchev–Trinajstić information content (AvgIpc) is 3.16. The molecule has 1 N–H and O–H groups in total. The minimum absolute atomic E-state index is 0.0683. The Labute approximate surface area is 134 Å². The molecule has 2 bridgehead atoms. The topological polar surface area (TPSA) is 55.4 Å². The van der Waals surface area contributed by atoms with Gasteiger partial charge in [-0.25, -0.2) is 0 Å². The zero-order valence-electron chi connectivity index (χ0n) is 12.5. The lowest BCUT2D eigenvalue weighted by Gasteiger charge is -2.16. The summed E-state index contributed by atoms with van der Waals surface area (Å²) in [7, 11) is 0. The molecule has 0 saturated heterocycles. The number of allylic oxidation sites excluding steroid dienone is 2. The van der Waals surface area contributed by atoms with Crippen LogP contribution in [0.25, 0.3) is 0 Å². The van der Waals surface area contributed by atoms with Gasteiger partial charge in [0.2, 0.25) is 0 Å². The molecule has 1 aromatic carbocycles. The Morgan fingerprint density at radius 3 is 2.77 bits per heavy atom. The van der Waals surface area contributed by atoms with Crippen molar-refractivity contribution in [2.45, 2.75) is 17.7 Å². The van der Waals surface area contributed by atoms with Crippen LogP contribution in [0.4, 0.5) is 5.69 Å². The molecule has 3 unspecified atom stereocenters. The number of rotatable bonds is 5. The number of amides is 1. The van der Waals surface area contributed by atoms with Gasteiger partial charge in [0.05, 0.1) is 11.6 Å². The van der Waals surface area contributed by atoms with Crippen LogP contribution in [0, 0.1) is 17.8 Å². The molecule has 3 rings (SSSR count). The van der Waals surface area contributed by atoms with E-state index in [1.165, 1.54) is 0 Å². The van der Waals surface area contributed by atoms with Gasteiger partial charge in [0, 0.05) is 4.90 Å². The van der Waals surface area contributed by atoms with Crippen LogP contribution in [0.3, 0.4) is 0 Å². The highest BCUT2D eigenvalue weighted by atomic mass is 32.2. The van der Waals surface area contributed by atoms with E-state index in [-0.39, 0.29) is 24.4 Å². The zero-order chi connectivity index (χ0) is 15.5. The third-order valence-electron chi connectivity index (χ3n) is 4.31. The second-order valence-corrected chi connectivity index (χ2v) is 6.59. The van der Waals surface area contributed by atoms with Gasteiger partial charge in [-0.1, -0.05) is 24.3 Å². The monoisotopic (exact) mass is 317 g/mol. The van der Waals surface area contributed by atoms with E-state index in [0.29, 0.717) is 11.8 Å². The van der Waals surface area contributed by atoms with Gasteiger partial charge in [-0.05, 0) is 43.1 Å². The molecule has 1 aromatic rings. The Bertz CT molecular complexity index is 614. The molecule has 5 heteroatoms. The summed E-state index contributed by atoms with van der Waals surface area (Å²) >= 11 is 1.56. The predicted molar refractivity (Wildman–Crippen MR) is 86.7 cm³/mol. The summed E-state index contributed by atoms with van der Waals surface area (Å²) in [5.41, 5.74) is 0.749. The Morgan fingerprint density at radius 2 is 2.09 bits per heavy atom. The highest BCUT2D eigenvalue weighted by Crippen LogP contribution is 2.43. The molecule has 0 aliphatic heterocycles. The number of para-hydroxylation sites is 1. The summed E-state index contributed by atoms with van der Waals surface area (Å²) in [4.78, 5) is 25.0. The highest BCUT2D eigenvalue weighted by molar-refractivity contribution is 7.98. The minimum Gasteiger partial charge on any atom is -0.455 e. The normalized spacial score (nSPS) is 25.2. The largest absolute Gasteiger partial charge is 0.455 e. The Hall–Kier alpha value is -1.75. The number of nitrogens with one attached hydrogen (secondary N) is 1. The van der Waals surface area contributed by atoms with Gasteiger partial charge in [-0.2, -0.15) is 0 Å². The number of carbonyl (C=O) groups is 2. The van der Waals surface area contributed by atoms with Gasteiger partial charge >= 0.3 is 5.97 Å². The van der Waals surface area contributed by atoms with Crippen molar-refractivity contribution < 1.29 is 14.3 Å². The van der Waals surface area contributed by atoms with E-state index in [9.17, 15) is 9.59 Å². The molecule has 2 aliphatic carbocycles. The lowest BCUT2D eigenvalue weighted by molar-refractivity contribution is -0.152. The van der Waals surface area contributed by atoms with Gasteiger partial charge in [0.1, 0.15) is 0 Å². The number of benzene rings is 1. The zero-order valence-corrected chi connectivity index (χ0v) is 13.3. The van der Waals surface area contributed by atoms with Crippen molar-refractivity contribution in [2.24, 2.45) is 17.8 Å². The third-order valence-corrected chi connectivity index (χ3v) is 5.10. The molecule has 22 heavy (non-hydrogen) atoms. The van der Waals surface area contributed by atoms with Crippen LogP contribution in [-0.2, 0) is 14.3 Å². The van der Waals surface area contributed by atoms with Crippen molar-refractivity contribution >= 4 is 29.3 Å². The number of thioether (sulfide) groups is 1. The Morgan fingerprint density at radius 1 is 1.27 bits per heavy atom. The Kier molecular flexibility index (Phi) is 4.52. The summed E-state index contributed by atoms with van der Waals surface area (Å²) in [5.74, 6) is 0.211. The van der Waals surface area contributed by atoms with E-state index >= 15 is 0 Å². The SMILES string of the molecule is CSc1ccccc1NC(=O)COC(=O)C1CC2C=CC1C2. The van der Waals surface area contributed by atoms with Gasteiger partial charge in [-0.3, -0.25) is 9.59 Å². The summed E-state index contributed by atoms with van der Waals surface area (Å²) < 4.78 is 5.19. The first-order chi connectivity index (χ1) is 10.7. The van der Waals surface area contributed by atoms with E-state index in [2.05, 4.69) is 17.5 Å². The number of anilines is 1. The molecule has 1 amide bonds. The maximum atomic E-state index is 12.1. The van der Waals surface area contributed by atoms with Crippen molar-refractivity contribution in [1.29, 1.82) is 0 Å². The number of hydrogen-bond acceptors (Lipinski definition) is 4. The van der Waals surface area contributed by atoms with E-state index in [1.54, 1.807) is 11.8 Å². The van der Waals surface area contributed by atoms with Crippen LogP contribution in [0.2, 0.25) is 0 Å². The van der Waals surface area contributed by atoms with E-state index in [0.717, 1.165) is 23.4 Å². The van der Waals surface area contributed by atoms with Crippen molar-refractivity contribution in [3.63, 3.8) is 0 Å². The second-order valence-electron chi connectivity index (χ2n) is 5.74. The molecular weight excluding hydrogens is 298 g/mol. The lowest BCUT2D eigenvalue weighted by Crippen LogP contribution is -2.26. The first-order valence-electron chi connectivity index (χ1n) is 7.45. The standard InChI is InChI=1S/C17H19NO3S/c1-22-15-5-3-2-4-14(15)18-16(19)10-21-17(20)13-9-11-6-7-12(13)8-11/h2-7,11-13H,8-10H2,1H3,(H,18,19). The number of carbonyl (C=O) groups excluding carboxylic acids is 2. The fourth-order valence-corrected chi connectivity index (χ4v) is 3.78. The van der Waals surface area contributed by atoms with Crippen LogP contribution in [0.1, 0.15) is 12.8 Å². The van der Waals surface area contributed by atoms with Crippen molar-refractivity contribution in [3.05, 3.63) is 36.4 Å². The van der Waals surface area contributed by atoms with Gasteiger partial charge in [0.15, 0.2) is 6.61 Å². The molecule has 0 aromatic heterocycles. The summed E-state index contributed by atoms with van der Waals surface area (Å²) in [6.07, 6.45) is 8.15. The fraction of sp³-hybridized carbons (Fsp3) is 0.412. The first kappa shape index (κ1) is 15.2. The number of ether oxygens (including phenoxy) is 1. The third kappa shape index (κ3) is 3.19. The smallest absolute Gasteiger partial charge is 0.310 e. The number of hydrogen-bond donors (Lipinski definition) is 1. The maximum Gasteiger partial charge on any atom is 0.310 e. The molecule has 2 aliphatic rings. The van der Waals surface area contributed by atoms with Crippen molar-refractivity contribution in [2.75, 3.05) is 18.2 Å². The summed E-state index contributed by atoms with van der Waals surface area (Å²) in [6, 6.07) is 7.56. The van der Waals surface area contributed by atoms with Crippen molar-refractivity contribution in [3.8, 4) is 0 Å².